The van der Waals surface area contributed by atoms with Gasteiger partial charge in [0.1, 0.15) is 66.2 Å². The fraction of sp³-hybridized carbons (Fsp3) is 0.625. The van der Waals surface area contributed by atoms with Crippen LogP contribution in [-0.2, 0) is 125 Å². The van der Waals surface area contributed by atoms with E-state index < -0.39 is 132 Å². The predicted octanol–water partition coefficient (Wildman–Crippen LogP) is 11.2. The Kier molecular flexibility index (Phi) is 46.7. The van der Waals surface area contributed by atoms with Gasteiger partial charge in [0.05, 0.1) is 131 Å². The van der Waals surface area contributed by atoms with Crippen LogP contribution in [-0.4, -0.2) is 275 Å². The number of alkyl halides is 3. The number of ketones is 3. The third-order valence-corrected chi connectivity index (χ3v) is 23.4. The summed E-state index contributed by atoms with van der Waals surface area (Å²) in [5, 5.41) is 16.8. The summed E-state index contributed by atoms with van der Waals surface area (Å²) in [5.74, 6) is -7.95. The largest absolute Gasteiger partial charge is 0.497 e. The third-order valence-electron chi connectivity index (χ3n) is 23.4. The number of unbranched alkanes of at least 4 members (excludes halogenated alkanes) is 5. The molecule has 4 aromatic carbocycles. The van der Waals surface area contributed by atoms with E-state index in [4.69, 9.17) is 80.5 Å². The second-order valence-electron chi connectivity index (χ2n) is 33.6. The predicted molar refractivity (Wildman–Crippen MR) is 474 cm³/mol. The number of Topliss-reactive ketones (excluding diaryl/α,β-unsaturated/α-hetero) is 3. The lowest BCUT2D eigenvalue weighted by molar-refractivity contribution is -0.278. The second-order valence-corrected chi connectivity index (χ2v) is 33.6. The number of amides is 4. The van der Waals surface area contributed by atoms with Crippen molar-refractivity contribution in [1.29, 1.82) is 0 Å². The molecule has 133 heavy (non-hydrogen) atoms. The number of carboxylic acids is 1. The normalized spacial score (nSPS) is 21.2. The first-order chi connectivity index (χ1) is 63.5. The summed E-state index contributed by atoms with van der Waals surface area (Å²) in [7, 11) is 3.16. The van der Waals surface area contributed by atoms with Crippen molar-refractivity contribution in [3.8, 4) is 11.5 Å². The minimum absolute atomic E-state index is 0.0122. The van der Waals surface area contributed by atoms with Crippen molar-refractivity contribution in [2.75, 3.05) is 145 Å². The Morgan fingerprint density at radius 3 is 1.61 bits per heavy atom. The average molecular weight is 1880 g/mol. The van der Waals surface area contributed by atoms with Gasteiger partial charge in [-0.1, -0.05) is 108 Å². The molecule has 0 aromatic heterocycles. The number of ether oxygens (including phenoxy) is 17. The molecule has 3 aliphatic heterocycles. The number of carbonyl (C=O) groups is 12. The number of likely N-dealkylation sites (tertiary alicyclic amines) is 1. The van der Waals surface area contributed by atoms with E-state index in [0.29, 0.717) is 30.8 Å². The van der Waals surface area contributed by atoms with Gasteiger partial charge in [0.2, 0.25) is 11.8 Å². The molecular weight excluding hydrogens is 1750 g/mol. The van der Waals surface area contributed by atoms with E-state index in [0.717, 1.165) is 49.3 Å². The molecule has 7 rings (SSSR count). The number of hydrogen-bond donors (Lipinski definition) is 4. The number of nitrogens with one attached hydrogen (secondary N) is 3. The monoisotopic (exact) mass is 1880 g/mol. The number of anilines is 1. The van der Waals surface area contributed by atoms with Crippen LogP contribution in [0.15, 0.2) is 97.1 Å². The zero-order valence-electron chi connectivity index (χ0n) is 78.1. The summed E-state index contributed by atoms with van der Waals surface area (Å²) < 4.78 is 138. The zero-order valence-corrected chi connectivity index (χ0v) is 78.1. The number of carboxylic acid groups (broad SMARTS) is 1. The molecule has 4 N–H and O–H groups in total. The minimum atomic E-state index is -5.22. The number of benzene rings is 4. The fourth-order valence-electron chi connectivity index (χ4n) is 16.1. The maximum absolute atomic E-state index is 14.4. The molecule has 4 aromatic rings. The van der Waals surface area contributed by atoms with Gasteiger partial charge < -0.3 is 111 Å². The van der Waals surface area contributed by atoms with E-state index in [-0.39, 0.29) is 223 Å². The van der Waals surface area contributed by atoms with Crippen molar-refractivity contribution < 1.29 is 156 Å². The number of aliphatic carboxylic acids is 1. The molecule has 0 aliphatic carbocycles. The third kappa shape index (κ3) is 36.0. The molecule has 3 saturated heterocycles. The van der Waals surface area contributed by atoms with Crippen molar-refractivity contribution in [2.24, 2.45) is 23.2 Å². The Labute approximate surface area is 774 Å². The van der Waals surface area contributed by atoms with E-state index in [9.17, 15) is 75.8 Å². The Morgan fingerprint density at radius 1 is 0.534 bits per heavy atom. The molecule has 12 atom stereocenters. The van der Waals surface area contributed by atoms with Gasteiger partial charge in [0.25, 0.3) is 5.91 Å². The van der Waals surface area contributed by atoms with Gasteiger partial charge in [-0.05, 0) is 98.7 Å². The molecular formula is C96H133F3N4O30. The molecule has 34 nitrogen and oxygen atoms in total. The van der Waals surface area contributed by atoms with Crippen LogP contribution < -0.4 is 25.4 Å². The van der Waals surface area contributed by atoms with Crippen molar-refractivity contribution in [3.63, 3.8) is 0 Å². The zero-order chi connectivity index (χ0) is 97.1. The first-order valence-electron chi connectivity index (χ1n) is 45.4. The quantitative estimate of drug-likeness (QED) is 0.0105. The Hall–Kier alpha value is -9.93. The van der Waals surface area contributed by atoms with Gasteiger partial charge in [-0.2, -0.15) is 13.2 Å². The van der Waals surface area contributed by atoms with Crippen LogP contribution in [0, 0.1) is 23.2 Å². The van der Waals surface area contributed by atoms with E-state index >= 15 is 0 Å². The number of esters is 4. The molecule has 0 saturated carbocycles. The molecule has 738 valence electrons. The van der Waals surface area contributed by atoms with Crippen LogP contribution >= 0.6 is 0 Å². The maximum Gasteiger partial charge on any atom is 0.471 e. The molecule has 37 heteroatoms. The molecule has 0 spiro atoms. The highest BCUT2D eigenvalue weighted by atomic mass is 19.4. The Balaban J connectivity index is 0.862. The molecule has 3 heterocycles. The smallest absolute Gasteiger partial charge is 0.471 e. The molecule has 3 aliphatic rings. The highest BCUT2D eigenvalue weighted by molar-refractivity contribution is 6.03. The number of halogens is 3. The minimum Gasteiger partial charge on any atom is -0.497 e. The molecule has 4 amide bonds. The van der Waals surface area contributed by atoms with Gasteiger partial charge in [-0.15, -0.1) is 0 Å². The van der Waals surface area contributed by atoms with E-state index in [1.54, 1.807) is 33.0 Å². The highest BCUT2D eigenvalue weighted by Gasteiger charge is 2.60. The van der Waals surface area contributed by atoms with Crippen molar-refractivity contribution in [2.45, 2.75) is 225 Å². The summed E-state index contributed by atoms with van der Waals surface area (Å²) in [6, 6.07) is 27.6. The summed E-state index contributed by atoms with van der Waals surface area (Å²) >= 11 is 0. The fourth-order valence-corrected chi connectivity index (χ4v) is 16.1. The van der Waals surface area contributed by atoms with Crippen molar-refractivity contribution in [3.05, 3.63) is 125 Å². The van der Waals surface area contributed by atoms with Gasteiger partial charge >= 0.3 is 41.9 Å². The molecule has 4 unspecified atom stereocenters. The number of carbonyl (C=O) groups excluding carboxylic acids is 11. The van der Waals surface area contributed by atoms with Crippen molar-refractivity contribution >= 4 is 76.5 Å². The van der Waals surface area contributed by atoms with Crippen LogP contribution in [0.2, 0.25) is 0 Å². The van der Waals surface area contributed by atoms with Crippen LogP contribution in [0.5, 0.6) is 11.5 Å². The van der Waals surface area contributed by atoms with Crippen LogP contribution in [0.3, 0.4) is 0 Å². The second kappa shape index (κ2) is 56.4. The Morgan fingerprint density at radius 2 is 1.06 bits per heavy atom. The van der Waals surface area contributed by atoms with Gasteiger partial charge in [-0.3, -0.25) is 52.7 Å². The van der Waals surface area contributed by atoms with Crippen LogP contribution in [0.25, 0.3) is 0 Å². The number of nitrogens with zero attached hydrogens (tertiary/aromatic N) is 1. The van der Waals surface area contributed by atoms with E-state index in [2.05, 4.69) is 10.6 Å². The Bertz CT molecular complexity index is 4300. The maximum atomic E-state index is 14.4. The summed E-state index contributed by atoms with van der Waals surface area (Å²) in [4.78, 5) is 155. The highest BCUT2D eigenvalue weighted by Crippen LogP contribution is 2.52. The van der Waals surface area contributed by atoms with E-state index in [1.807, 2.05) is 105 Å². The SMILES string of the molecule is CC[C@H]1OC(OCCOCCOCCOCCCC(=O)c2cc(NC(=O)CCC(=O)CCCCCCCCC(=O)N3CC(C)(COC(=O)CCC(=O)O)C(C)(OC(c4ccccc4)(c4ccc(OC)cc4)c4ccc(OC)cc4)C3)cc(C(=O)NCCOCCOCCOCCOC3O[C@H](COC(C)=O)[C@H](OC(C)=O)[C@H](C)[C@H]3CC(C)=O)c2)[C@H](NC(=O)C(F)(F)F)[C@@H](OC(C)=O)[C@H]1C. The van der Waals surface area contributed by atoms with Gasteiger partial charge in [-0.25, -0.2) is 0 Å². The van der Waals surface area contributed by atoms with Crippen molar-refractivity contribution in [1.82, 2.24) is 15.5 Å². The van der Waals surface area contributed by atoms with Gasteiger partial charge in [0.15, 0.2) is 18.4 Å². The lowest BCUT2D eigenvalue weighted by atomic mass is 9.74. The molecule has 0 radical (unpaired) electrons. The standard InChI is InChI=1S/C96H133F3N4O30/c1-12-80-65(4)88(130-68(7)107)86(102-92(116)96(97,98)99)91(131-80)126-54-52-124-50-47-121-45-43-119-41-22-26-79(109)69-56-70(89(115)100-40-42-120-44-46-122-48-49-123-51-53-125-90-78(55-63(2)104)64(3)87(129-67(6)106)81(132-90)59-127-66(5)105)58-74(57-69)101-82(110)37-32-75(108)25-20-15-13-14-16-21-27-83(111)103-60-93(8,62-128-85(114)39-38-84(112)113)94(9,61-103)133-95(71-23-18-17-19-24-71,72-28-33-76(117-10)34-29-72)73-30-35-77(118-11)36-31-73/h17-19,23-24,28-31,33-36,56-58,64-65,78,80-81,86-88,90-91H,12-16,20-22,25-27,32,37-55,59-62H2,1-11H3,(H,100,115)(H,101,110)(H,102,116)(H,112,113)/t64-,65+,78-,80-,81-,86-,87-,88+,90?,91?,93?,94?/m1/s1. The van der Waals surface area contributed by atoms with Crippen LogP contribution in [0.1, 0.15) is 202 Å². The molecule has 0 bridgehead atoms. The first kappa shape index (κ1) is 110. The number of hydrogen-bond acceptors (Lipinski definition) is 29. The summed E-state index contributed by atoms with van der Waals surface area (Å²) in [6.07, 6.45) is -6.51. The van der Waals surface area contributed by atoms with Gasteiger partial charge in [0, 0.05) is 119 Å². The average Bonchev–Trinajstić information content (AvgIpc) is 1.65. The lowest BCUT2D eigenvalue weighted by Crippen LogP contribution is -2.63. The molecule has 3 fully saturated rings. The van der Waals surface area contributed by atoms with E-state index in [1.165, 1.54) is 39.0 Å². The summed E-state index contributed by atoms with van der Waals surface area (Å²) in [5.41, 5.74) is -0.958. The number of methoxy groups -OCH3 is 2. The number of rotatable bonds is 62. The first-order valence-corrected chi connectivity index (χ1v) is 45.4. The summed E-state index contributed by atoms with van der Waals surface area (Å²) in [6.45, 7) is 15.6. The topological polar surface area (TPSA) is 421 Å². The lowest BCUT2D eigenvalue weighted by Gasteiger charge is -2.47. The van der Waals surface area contributed by atoms with Crippen LogP contribution in [0.4, 0.5) is 18.9 Å².